The zero-order valence-electron chi connectivity index (χ0n) is 9.84. The lowest BCUT2D eigenvalue weighted by Gasteiger charge is -2.09. The van der Waals surface area contributed by atoms with Crippen LogP contribution >= 0.6 is 0 Å². The number of carbonyl (C=O) groups excluding carboxylic acids is 1. The van der Waals surface area contributed by atoms with Crippen molar-refractivity contribution < 1.29 is 4.79 Å². The number of nitrogens with one attached hydrogen (secondary N) is 2. The first-order chi connectivity index (χ1) is 7.70. The first-order valence-electron chi connectivity index (χ1n) is 5.86. The van der Waals surface area contributed by atoms with Crippen LogP contribution in [0.2, 0.25) is 0 Å². The van der Waals surface area contributed by atoms with Gasteiger partial charge in [-0.3, -0.25) is 4.79 Å². The summed E-state index contributed by atoms with van der Waals surface area (Å²) >= 11 is 0. The van der Waals surface area contributed by atoms with Gasteiger partial charge in [0.15, 0.2) is 0 Å². The lowest BCUT2D eigenvalue weighted by Crippen LogP contribution is -2.26. The lowest BCUT2D eigenvalue weighted by molar-refractivity contribution is 0.0950. The Kier molecular flexibility index (Phi) is 3.13. The third kappa shape index (κ3) is 2.54. The topological polar surface area (TPSA) is 41.1 Å². The van der Waals surface area contributed by atoms with E-state index in [2.05, 4.69) is 17.6 Å². The molecule has 0 atom stereocenters. The van der Waals surface area contributed by atoms with Crippen LogP contribution in [0.15, 0.2) is 18.2 Å². The molecule has 2 N–H and O–H groups in total. The molecule has 0 radical (unpaired) electrons. The van der Waals surface area contributed by atoms with Crippen LogP contribution in [0.1, 0.15) is 35.7 Å². The van der Waals surface area contributed by atoms with E-state index in [1.165, 1.54) is 0 Å². The first kappa shape index (κ1) is 11.0. The van der Waals surface area contributed by atoms with Crippen molar-refractivity contribution in [3.05, 3.63) is 29.3 Å². The molecule has 1 aromatic carbocycles. The van der Waals surface area contributed by atoms with Crippen LogP contribution in [-0.4, -0.2) is 18.5 Å². The van der Waals surface area contributed by atoms with Gasteiger partial charge in [-0.1, -0.05) is 0 Å². The Morgan fingerprint density at radius 3 is 2.75 bits per heavy atom. The van der Waals surface area contributed by atoms with Crippen molar-refractivity contribution in [2.75, 3.05) is 11.9 Å². The molecule has 3 heteroatoms. The number of hydrogen-bond acceptors (Lipinski definition) is 2. The van der Waals surface area contributed by atoms with E-state index in [0.717, 1.165) is 36.2 Å². The molecule has 16 heavy (non-hydrogen) atoms. The zero-order chi connectivity index (χ0) is 11.5. The Bertz CT molecular complexity index is 397. The summed E-state index contributed by atoms with van der Waals surface area (Å²) in [5.41, 5.74) is 2.88. The highest BCUT2D eigenvalue weighted by molar-refractivity contribution is 5.96. The molecule has 2 rings (SSSR count). The molecule has 86 valence electrons. The molecule has 1 fully saturated rings. The van der Waals surface area contributed by atoms with Crippen molar-refractivity contribution >= 4 is 11.6 Å². The van der Waals surface area contributed by atoms with Crippen molar-refractivity contribution in [1.82, 2.24) is 5.32 Å². The Labute approximate surface area is 96.2 Å². The number of benzene rings is 1. The highest BCUT2D eigenvalue weighted by atomic mass is 16.1. The molecule has 0 saturated heterocycles. The summed E-state index contributed by atoms with van der Waals surface area (Å²) in [6.45, 7) is 4.93. The predicted octanol–water partition coefficient (Wildman–Crippen LogP) is 2.32. The number of hydrogen-bond donors (Lipinski definition) is 2. The minimum absolute atomic E-state index is 0.0584. The summed E-state index contributed by atoms with van der Waals surface area (Å²) in [6.07, 6.45) is 2.25. The molecule has 1 saturated carbocycles. The van der Waals surface area contributed by atoms with Gasteiger partial charge in [-0.2, -0.15) is 0 Å². The molecule has 1 aromatic rings. The first-order valence-corrected chi connectivity index (χ1v) is 5.86. The van der Waals surface area contributed by atoms with Crippen molar-refractivity contribution in [3.8, 4) is 0 Å². The second-order valence-electron chi connectivity index (χ2n) is 4.31. The molecule has 0 bridgehead atoms. The molecular formula is C13H18N2O. The summed E-state index contributed by atoms with van der Waals surface area (Å²) in [4.78, 5) is 11.9. The van der Waals surface area contributed by atoms with Crippen LogP contribution in [0, 0.1) is 6.92 Å². The Morgan fingerprint density at radius 2 is 2.19 bits per heavy atom. The highest BCUT2D eigenvalue weighted by Gasteiger charge is 2.24. The molecule has 0 heterocycles. The predicted molar refractivity (Wildman–Crippen MR) is 65.8 cm³/mol. The van der Waals surface area contributed by atoms with Crippen molar-refractivity contribution in [2.24, 2.45) is 0 Å². The monoisotopic (exact) mass is 218 g/mol. The fourth-order valence-corrected chi connectivity index (χ4v) is 1.72. The van der Waals surface area contributed by atoms with Gasteiger partial charge >= 0.3 is 0 Å². The second kappa shape index (κ2) is 4.56. The quantitative estimate of drug-likeness (QED) is 0.814. The summed E-state index contributed by atoms with van der Waals surface area (Å²) in [6, 6.07) is 6.29. The van der Waals surface area contributed by atoms with Gasteiger partial charge in [-0.25, -0.2) is 0 Å². The molecule has 0 unspecified atom stereocenters. The molecule has 3 nitrogen and oxygen atoms in total. The Balaban J connectivity index is 2.11. The molecule has 0 aliphatic heterocycles. The lowest BCUT2D eigenvalue weighted by atomic mass is 10.1. The van der Waals surface area contributed by atoms with Gasteiger partial charge in [0.25, 0.3) is 5.91 Å². The Hall–Kier alpha value is -1.51. The van der Waals surface area contributed by atoms with Crippen molar-refractivity contribution in [2.45, 2.75) is 32.7 Å². The summed E-state index contributed by atoms with van der Waals surface area (Å²) in [5, 5.41) is 6.24. The van der Waals surface area contributed by atoms with Gasteiger partial charge in [0.2, 0.25) is 0 Å². The maximum Gasteiger partial charge on any atom is 0.251 e. The van der Waals surface area contributed by atoms with Crippen LogP contribution in [-0.2, 0) is 0 Å². The summed E-state index contributed by atoms with van der Waals surface area (Å²) < 4.78 is 0. The average Bonchev–Trinajstić information content (AvgIpc) is 3.02. The SMILES string of the molecule is CCNc1ccc(C(=O)NC2CC2)c(C)c1. The molecule has 0 aromatic heterocycles. The van der Waals surface area contributed by atoms with Crippen LogP contribution in [0.4, 0.5) is 5.69 Å². The van der Waals surface area contributed by atoms with Gasteiger partial charge in [0, 0.05) is 23.8 Å². The van der Waals surface area contributed by atoms with E-state index in [9.17, 15) is 4.79 Å². The number of amides is 1. The fraction of sp³-hybridized carbons (Fsp3) is 0.462. The van der Waals surface area contributed by atoms with Crippen LogP contribution in [0.25, 0.3) is 0 Å². The number of carbonyl (C=O) groups is 1. The fourth-order valence-electron chi connectivity index (χ4n) is 1.72. The van der Waals surface area contributed by atoms with E-state index in [4.69, 9.17) is 0 Å². The molecule has 1 aliphatic rings. The van der Waals surface area contributed by atoms with Gasteiger partial charge in [-0.15, -0.1) is 0 Å². The maximum absolute atomic E-state index is 11.9. The van der Waals surface area contributed by atoms with Crippen molar-refractivity contribution in [3.63, 3.8) is 0 Å². The van der Waals surface area contributed by atoms with Gasteiger partial charge in [0.1, 0.15) is 0 Å². The van der Waals surface area contributed by atoms with Crippen LogP contribution < -0.4 is 10.6 Å². The van der Waals surface area contributed by atoms with Crippen LogP contribution in [0.5, 0.6) is 0 Å². The van der Waals surface area contributed by atoms with E-state index in [1.807, 2.05) is 25.1 Å². The highest BCUT2D eigenvalue weighted by Crippen LogP contribution is 2.21. The van der Waals surface area contributed by atoms with E-state index in [-0.39, 0.29) is 5.91 Å². The van der Waals surface area contributed by atoms with E-state index < -0.39 is 0 Å². The van der Waals surface area contributed by atoms with Gasteiger partial charge in [0.05, 0.1) is 0 Å². The standard InChI is InChI=1S/C13H18N2O/c1-3-14-11-6-7-12(9(2)8-11)13(16)15-10-4-5-10/h6-8,10,14H,3-5H2,1-2H3,(H,15,16). The van der Waals surface area contributed by atoms with Crippen molar-refractivity contribution in [1.29, 1.82) is 0 Å². The van der Waals surface area contributed by atoms with Gasteiger partial charge in [-0.05, 0) is 50.5 Å². The molecule has 0 spiro atoms. The number of rotatable bonds is 4. The zero-order valence-corrected chi connectivity index (χ0v) is 9.84. The third-order valence-electron chi connectivity index (χ3n) is 2.76. The van der Waals surface area contributed by atoms with Gasteiger partial charge < -0.3 is 10.6 Å². The molecule has 1 aliphatic carbocycles. The normalized spacial score (nSPS) is 14.6. The Morgan fingerprint density at radius 1 is 1.44 bits per heavy atom. The number of anilines is 1. The minimum Gasteiger partial charge on any atom is -0.385 e. The van der Waals surface area contributed by atoms with E-state index in [0.29, 0.717) is 6.04 Å². The average molecular weight is 218 g/mol. The summed E-state index contributed by atoms with van der Waals surface area (Å²) in [5.74, 6) is 0.0584. The maximum atomic E-state index is 11.9. The van der Waals surface area contributed by atoms with Crippen LogP contribution in [0.3, 0.4) is 0 Å². The molecular weight excluding hydrogens is 200 g/mol. The number of aryl methyl sites for hydroxylation is 1. The molecule has 1 amide bonds. The second-order valence-corrected chi connectivity index (χ2v) is 4.31. The largest absolute Gasteiger partial charge is 0.385 e. The smallest absolute Gasteiger partial charge is 0.251 e. The third-order valence-corrected chi connectivity index (χ3v) is 2.76. The van der Waals surface area contributed by atoms with E-state index >= 15 is 0 Å². The summed E-state index contributed by atoms with van der Waals surface area (Å²) in [7, 11) is 0. The minimum atomic E-state index is 0.0584. The van der Waals surface area contributed by atoms with E-state index in [1.54, 1.807) is 0 Å².